The SMILES string of the molecule is CC(C)N(C(=O)Cc1ccc(C(F)(F)F)cc1)C1CCCC1. The van der Waals surface area contributed by atoms with Crippen molar-refractivity contribution in [1.82, 2.24) is 4.90 Å². The van der Waals surface area contributed by atoms with Gasteiger partial charge in [0.1, 0.15) is 0 Å². The molecule has 0 radical (unpaired) electrons. The molecule has 0 N–H and O–H groups in total. The summed E-state index contributed by atoms with van der Waals surface area (Å²) < 4.78 is 37.6. The lowest BCUT2D eigenvalue weighted by molar-refractivity contribution is -0.137. The van der Waals surface area contributed by atoms with Crippen LogP contribution in [0, 0.1) is 0 Å². The zero-order valence-electron chi connectivity index (χ0n) is 13.0. The Labute approximate surface area is 129 Å². The molecule has 2 rings (SSSR count). The van der Waals surface area contributed by atoms with Gasteiger partial charge in [0.05, 0.1) is 12.0 Å². The summed E-state index contributed by atoms with van der Waals surface area (Å²) in [5.41, 5.74) is -0.0538. The number of carbonyl (C=O) groups is 1. The summed E-state index contributed by atoms with van der Waals surface area (Å²) in [5.74, 6) is 0.00154. The summed E-state index contributed by atoms with van der Waals surface area (Å²) in [4.78, 5) is 14.4. The van der Waals surface area contributed by atoms with Crippen LogP contribution in [0.15, 0.2) is 24.3 Å². The second kappa shape index (κ2) is 6.71. The van der Waals surface area contributed by atoms with Crippen molar-refractivity contribution >= 4 is 5.91 Å². The van der Waals surface area contributed by atoms with Crippen LogP contribution in [0.25, 0.3) is 0 Å². The lowest BCUT2D eigenvalue weighted by Crippen LogP contribution is -2.44. The van der Waals surface area contributed by atoms with Crippen LogP contribution in [0.4, 0.5) is 13.2 Å². The summed E-state index contributed by atoms with van der Waals surface area (Å²) in [6.45, 7) is 3.98. The van der Waals surface area contributed by atoms with E-state index in [-0.39, 0.29) is 24.4 Å². The van der Waals surface area contributed by atoms with E-state index in [1.54, 1.807) is 0 Å². The van der Waals surface area contributed by atoms with E-state index in [4.69, 9.17) is 0 Å². The molecule has 0 saturated heterocycles. The molecular formula is C17H22F3NO. The van der Waals surface area contributed by atoms with Crippen molar-refractivity contribution in [2.45, 2.75) is 64.2 Å². The fraction of sp³-hybridized carbons (Fsp3) is 0.588. The normalized spacial score (nSPS) is 16.3. The molecule has 0 bridgehead atoms. The van der Waals surface area contributed by atoms with Gasteiger partial charge in [0.15, 0.2) is 0 Å². The second-order valence-corrected chi connectivity index (χ2v) is 6.20. The van der Waals surface area contributed by atoms with Gasteiger partial charge in [-0.2, -0.15) is 13.2 Å². The van der Waals surface area contributed by atoms with Gasteiger partial charge in [-0.25, -0.2) is 0 Å². The topological polar surface area (TPSA) is 20.3 Å². The van der Waals surface area contributed by atoms with Gasteiger partial charge >= 0.3 is 6.18 Å². The second-order valence-electron chi connectivity index (χ2n) is 6.20. The van der Waals surface area contributed by atoms with E-state index < -0.39 is 11.7 Å². The number of benzene rings is 1. The van der Waals surface area contributed by atoms with Crippen LogP contribution < -0.4 is 0 Å². The Morgan fingerprint density at radius 3 is 2.18 bits per heavy atom. The fourth-order valence-corrected chi connectivity index (χ4v) is 3.17. The number of amides is 1. The van der Waals surface area contributed by atoms with Crippen LogP contribution in [-0.2, 0) is 17.4 Å². The molecule has 0 aromatic heterocycles. The molecule has 0 atom stereocenters. The van der Waals surface area contributed by atoms with Gasteiger partial charge in [0.2, 0.25) is 5.91 Å². The van der Waals surface area contributed by atoms with Crippen molar-refractivity contribution in [3.8, 4) is 0 Å². The Morgan fingerprint density at radius 1 is 1.18 bits per heavy atom. The van der Waals surface area contributed by atoms with Crippen molar-refractivity contribution in [1.29, 1.82) is 0 Å². The Kier molecular flexibility index (Phi) is 5.14. The minimum atomic E-state index is -4.34. The van der Waals surface area contributed by atoms with Gasteiger partial charge < -0.3 is 4.90 Å². The molecule has 1 saturated carbocycles. The third-order valence-corrected chi connectivity index (χ3v) is 4.20. The first kappa shape index (κ1) is 16.8. The highest BCUT2D eigenvalue weighted by Crippen LogP contribution is 2.29. The van der Waals surface area contributed by atoms with Crippen molar-refractivity contribution in [3.05, 3.63) is 35.4 Å². The first-order valence-corrected chi connectivity index (χ1v) is 7.76. The zero-order chi connectivity index (χ0) is 16.3. The number of halogens is 3. The van der Waals surface area contributed by atoms with Crippen LogP contribution in [0.1, 0.15) is 50.7 Å². The molecule has 2 nitrogen and oxygen atoms in total. The predicted octanol–water partition coefficient (Wildman–Crippen LogP) is 4.43. The highest BCUT2D eigenvalue weighted by atomic mass is 19.4. The third kappa shape index (κ3) is 4.02. The smallest absolute Gasteiger partial charge is 0.337 e. The highest BCUT2D eigenvalue weighted by molar-refractivity contribution is 5.79. The van der Waals surface area contributed by atoms with Gasteiger partial charge in [0, 0.05) is 12.1 Å². The molecule has 1 amide bonds. The molecule has 0 unspecified atom stereocenters. The first-order chi connectivity index (χ1) is 10.3. The first-order valence-electron chi connectivity index (χ1n) is 7.76. The number of rotatable bonds is 4. The van der Waals surface area contributed by atoms with Crippen molar-refractivity contribution < 1.29 is 18.0 Å². The Bertz CT molecular complexity index is 502. The van der Waals surface area contributed by atoms with Gasteiger partial charge in [0.25, 0.3) is 0 Å². The summed E-state index contributed by atoms with van der Waals surface area (Å²) in [5, 5.41) is 0. The van der Waals surface area contributed by atoms with Crippen LogP contribution >= 0.6 is 0 Å². The standard InChI is InChI=1S/C17H22F3NO/c1-12(2)21(15-5-3-4-6-15)16(22)11-13-7-9-14(10-8-13)17(18,19)20/h7-10,12,15H,3-6,11H2,1-2H3. The van der Waals surface area contributed by atoms with Crippen molar-refractivity contribution in [2.24, 2.45) is 0 Å². The Balaban J connectivity index is 2.06. The number of hydrogen-bond donors (Lipinski definition) is 0. The summed E-state index contributed by atoms with van der Waals surface area (Å²) in [7, 11) is 0. The zero-order valence-corrected chi connectivity index (χ0v) is 13.0. The summed E-state index contributed by atoms with van der Waals surface area (Å²) in [6.07, 6.45) is 0.153. The summed E-state index contributed by atoms with van der Waals surface area (Å²) >= 11 is 0. The average molecular weight is 313 g/mol. The molecule has 1 aromatic carbocycles. The molecule has 1 aliphatic carbocycles. The lowest BCUT2D eigenvalue weighted by Gasteiger charge is -2.33. The third-order valence-electron chi connectivity index (χ3n) is 4.20. The highest BCUT2D eigenvalue weighted by Gasteiger charge is 2.31. The molecule has 1 aromatic rings. The number of hydrogen-bond acceptors (Lipinski definition) is 1. The minimum Gasteiger partial charge on any atom is -0.337 e. The molecule has 122 valence electrons. The van der Waals surface area contributed by atoms with Crippen molar-refractivity contribution in [2.75, 3.05) is 0 Å². The maximum atomic E-state index is 12.5. The van der Waals surface area contributed by atoms with Gasteiger partial charge in [-0.05, 0) is 44.4 Å². The van der Waals surface area contributed by atoms with E-state index in [9.17, 15) is 18.0 Å². The summed E-state index contributed by atoms with van der Waals surface area (Å²) in [6, 6.07) is 5.27. The minimum absolute atomic E-state index is 0.00154. The van der Waals surface area contributed by atoms with E-state index in [1.807, 2.05) is 18.7 Å². The van der Waals surface area contributed by atoms with Crippen LogP contribution in [-0.4, -0.2) is 22.9 Å². The maximum absolute atomic E-state index is 12.5. The predicted molar refractivity (Wildman–Crippen MR) is 79.4 cm³/mol. The van der Waals surface area contributed by atoms with E-state index in [1.165, 1.54) is 12.1 Å². The van der Waals surface area contributed by atoms with Crippen molar-refractivity contribution in [3.63, 3.8) is 0 Å². The molecule has 0 heterocycles. The van der Waals surface area contributed by atoms with Crippen LogP contribution in [0.2, 0.25) is 0 Å². The Hall–Kier alpha value is -1.52. The van der Waals surface area contributed by atoms with Gasteiger partial charge in [-0.3, -0.25) is 4.79 Å². The van der Waals surface area contributed by atoms with E-state index in [2.05, 4.69) is 0 Å². The number of carbonyl (C=O) groups excluding carboxylic acids is 1. The maximum Gasteiger partial charge on any atom is 0.416 e. The average Bonchev–Trinajstić information content (AvgIpc) is 2.91. The fourth-order valence-electron chi connectivity index (χ4n) is 3.17. The molecule has 22 heavy (non-hydrogen) atoms. The number of alkyl halides is 3. The monoisotopic (exact) mass is 313 g/mol. The van der Waals surface area contributed by atoms with E-state index in [0.29, 0.717) is 5.56 Å². The molecule has 0 aliphatic heterocycles. The van der Waals surface area contributed by atoms with Crippen LogP contribution in [0.5, 0.6) is 0 Å². The molecule has 0 spiro atoms. The molecule has 5 heteroatoms. The van der Waals surface area contributed by atoms with Gasteiger partial charge in [-0.1, -0.05) is 25.0 Å². The number of nitrogens with zero attached hydrogens (tertiary/aromatic N) is 1. The largest absolute Gasteiger partial charge is 0.416 e. The Morgan fingerprint density at radius 2 is 1.73 bits per heavy atom. The quantitative estimate of drug-likeness (QED) is 0.805. The van der Waals surface area contributed by atoms with Gasteiger partial charge in [-0.15, -0.1) is 0 Å². The van der Waals surface area contributed by atoms with E-state index >= 15 is 0 Å². The molecule has 1 fully saturated rings. The van der Waals surface area contributed by atoms with Crippen LogP contribution in [0.3, 0.4) is 0 Å². The van der Waals surface area contributed by atoms with E-state index in [0.717, 1.165) is 37.8 Å². The lowest BCUT2D eigenvalue weighted by atomic mass is 10.1. The molecule has 1 aliphatic rings. The molecular weight excluding hydrogens is 291 g/mol.